The van der Waals surface area contributed by atoms with Crippen molar-refractivity contribution in [2.24, 2.45) is 5.73 Å². The van der Waals surface area contributed by atoms with E-state index in [2.05, 4.69) is 5.32 Å². The molecule has 9 nitrogen and oxygen atoms in total. The molecular weight excluding hydrogens is 330 g/mol. The summed E-state index contributed by atoms with van der Waals surface area (Å²) in [6.07, 6.45) is -0.967. The quantitative estimate of drug-likeness (QED) is 0.584. The number of carbonyl (C=O) groups is 2. The average Bonchev–Trinajstić information content (AvgIpc) is 3.18. The smallest absolute Gasteiger partial charge is 0.404 e. The molecule has 3 atom stereocenters. The number of Topliss-reactive ketones (excluding diaryl/α,β-unsaturated/α-hetero) is 1. The molecule has 0 aromatic carbocycles. The van der Waals surface area contributed by atoms with E-state index < -0.39 is 17.6 Å². The zero-order valence-corrected chi connectivity index (χ0v) is 14.0. The van der Waals surface area contributed by atoms with Crippen LogP contribution in [-0.2, 0) is 19.0 Å². The van der Waals surface area contributed by atoms with Gasteiger partial charge in [0, 0.05) is 31.0 Å². The third kappa shape index (κ3) is 1.79. The van der Waals surface area contributed by atoms with Gasteiger partial charge in [-0.25, -0.2) is 4.79 Å². The largest absolute Gasteiger partial charge is 0.871 e. The van der Waals surface area contributed by atoms with Gasteiger partial charge in [0.1, 0.15) is 6.61 Å². The van der Waals surface area contributed by atoms with Crippen LogP contribution >= 0.6 is 0 Å². The molecule has 3 aliphatic heterocycles. The summed E-state index contributed by atoms with van der Waals surface area (Å²) in [4.78, 5) is 25.9. The van der Waals surface area contributed by atoms with Gasteiger partial charge in [-0.3, -0.25) is 4.79 Å². The van der Waals surface area contributed by atoms with E-state index in [-0.39, 0.29) is 47.1 Å². The monoisotopic (exact) mass is 348 g/mol. The van der Waals surface area contributed by atoms with Crippen LogP contribution in [0.4, 0.5) is 4.79 Å². The maximum atomic E-state index is 13.0. The minimum atomic E-state index is -1.04. The molecule has 0 unspecified atom stereocenters. The van der Waals surface area contributed by atoms with Gasteiger partial charge in [0.25, 0.3) is 0 Å². The minimum absolute atomic E-state index is 0.00643. The van der Waals surface area contributed by atoms with Gasteiger partial charge in [0.15, 0.2) is 11.5 Å². The van der Waals surface area contributed by atoms with Crippen LogP contribution in [0.3, 0.4) is 0 Å². The normalized spacial score (nSPS) is 32.8. The standard InChI is InChI=1S/C16H19N3O6/c1-6-11(20)10-9(12(21)13(6)23-2)7(5-25-15(17)22)16(24-3)14-8(18-14)4-19(10)16/h8,14,18,20H,4-5H2,1-3H3,(H2,17,22)/p-1/t8-,14-,16+/m0/s1. The number of rotatable bonds is 4. The number of hydrogen-bond acceptors (Lipinski definition) is 8. The molecule has 0 aromatic heterocycles. The summed E-state index contributed by atoms with van der Waals surface area (Å²) in [5.41, 5.74) is 5.19. The number of piperazine rings is 1. The molecular formula is C16H18N3O6-. The van der Waals surface area contributed by atoms with Crippen LogP contribution in [0, 0.1) is 0 Å². The van der Waals surface area contributed by atoms with Gasteiger partial charge in [0.2, 0.25) is 5.78 Å². The second kappa shape index (κ2) is 4.99. The molecule has 134 valence electrons. The molecule has 1 amide bonds. The van der Waals surface area contributed by atoms with Crippen LogP contribution in [0.15, 0.2) is 33.9 Å². The number of fused-ring (bicyclic) bond motifs is 5. The molecule has 4 aliphatic rings. The molecule has 3 heterocycles. The Kier molecular flexibility index (Phi) is 3.19. The maximum Gasteiger partial charge on any atom is 0.404 e. The van der Waals surface area contributed by atoms with E-state index in [1.54, 1.807) is 11.8 Å². The van der Waals surface area contributed by atoms with Crippen LogP contribution in [-0.4, -0.2) is 62.0 Å². The fraction of sp³-hybridized carbons (Fsp3) is 0.500. The molecule has 0 bridgehead atoms. The van der Waals surface area contributed by atoms with Gasteiger partial charge in [-0.2, -0.15) is 0 Å². The Morgan fingerprint density at radius 1 is 1.48 bits per heavy atom. The molecule has 0 saturated carbocycles. The van der Waals surface area contributed by atoms with E-state index in [1.807, 2.05) is 0 Å². The fourth-order valence-corrected chi connectivity index (χ4v) is 4.25. The van der Waals surface area contributed by atoms with Crippen molar-refractivity contribution >= 4 is 11.9 Å². The lowest BCUT2D eigenvalue weighted by atomic mass is 9.90. The number of ketones is 1. The number of ether oxygens (including phenoxy) is 3. The van der Waals surface area contributed by atoms with E-state index in [0.717, 1.165) is 0 Å². The summed E-state index contributed by atoms with van der Waals surface area (Å²) >= 11 is 0. The lowest BCUT2D eigenvalue weighted by Crippen LogP contribution is -2.51. The third-order valence-electron chi connectivity index (χ3n) is 5.33. The Labute approximate surface area is 143 Å². The van der Waals surface area contributed by atoms with Crippen LogP contribution in [0.1, 0.15) is 6.92 Å². The number of nitrogens with one attached hydrogen (secondary N) is 1. The van der Waals surface area contributed by atoms with Crippen LogP contribution in [0.2, 0.25) is 0 Å². The van der Waals surface area contributed by atoms with E-state index in [1.165, 1.54) is 14.2 Å². The molecule has 4 rings (SSSR count). The van der Waals surface area contributed by atoms with Crippen molar-refractivity contribution in [2.75, 3.05) is 27.4 Å². The van der Waals surface area contributed by atoms with Crippen LogP contribution in [0.25, 0.3) is 0 Å². The number of carbonyl (C=O) groups excluding carboxylic acids is 2. The van der Waals surface area contributed by atoms with Crippen molar-refractivity contribution in [1.29, 1.82) is 0 Å². The average molecular weight is 348 g/mol. The predicted octanol–water partition coefficient (Wildman–Crippen LogP) is -1.53. The fourth-order valence-electron chi connectivity index (χ4n) is 4.25. The first-order valence-corrected chi connectivity index (χ1v) is 7.84. The van der Waals surface area contributed by atoms with Gasteiger partial charge in [-0.1, -0.05) is 5.76 Å². The summed E-state index contributed by atoms with van der Waals surface area (Å²) in [5, 5.41) is 16.2. The third-order valence-corrected chi connectivity index (χ3v) is 5.33. The van der Waals surface area contributed by atoms with Crippen LogP contribution in [0.5, 0.6) is 0 Å². The highest BCUT2D eigenvalue weighted by Crippen LogP contribution is 2.55. The van der Waals surface area contributed by atoms with Crippen molar-refractivity contribution in [3.63, 3.8) is 0 Å². The summed E-state index contributed by atoms with van der Waals surface area (Å²) in [5.74, 6) is -0.711. The van der Waals surface area contributed by atoms with Crippen molar-refractivity contribution in [1.82, 2.24) is 10.2 Å². The van der Waals surface area contributed by atoms with Gasteiger partial charge in [-0.05, 0) is 12.5 Å². The van der Waals surface area contributed by atoms with Crippen molar-refractivity contribution in [2.45, 2.75) is 24.7 Å². The van der Waals surface area contributed by atoms with E-state index in [4.69, 9.17) is 19.9 Å². The van der Waals surface area contributed by atoms with Gasteiger partial charge in [-0.15, -0.1) is 0 Å². The summed E-state index contributed by atoms with van der Waals surface area (Å²) < 4.78 is 15.9. The van der Waals surface area contributed by atoms with Crippen molar-refractivity contribution < 1.29 is 28.9 Å². The molecule has 3 N–H and O–H groups in total. The predicted molar refractivity (Wildman–Crippen MR) is 81.5 cm³/mol. The number of nitrogens with zero attached hydrogens (tertiary/aromatic N) is 1. The number of methoxy groups -OCH3 is 2. The Morgan fingerprint density at radius 3 is 2.80 bits per heavy atom. The number of amides is 1. The molecule has 0 spiro atoms. The zero-order valence-electron chi connectivity index (χ0n) is 14.0. The Balaban J connectivity index is 1.94. The highest BCUT2D eigenvalue weighted by atomic mass is 16.6. The lowest BCUT2D eigenvalue weighted by Gasteiger charge is -2.39. The van der Waals surface area contributed by atoms with Gasteiger partial charge in [0.05, 0.1) is 18.7 Å². The zero-order chi connectivity index (χ0) is 18.1. The number of primary amides is 1. The Hall–Kier alpha value is -2.52. The van der Waals surface area contributed by atoms with E-state index in [9.17, 15) is 14.7 Å². The summed E-state index contributed by atoms with van der Waals surface area (Å²) in [6, 6.07) is 0.0510. The maximum absolute atomic E-state index is 13.0. The molecule has 2 fully saturated rings. The second-order valence-corrected chi connectivity index (χ2v) is 6.39. The summed E-state index contributed by atoms with van der Waals surface area (Å²) in [6.45, 7) is 1.84. The molecule has 2 saturated heterocycles. The Bertz CT molecular complexity index is 798. The number of allylic oxidation sites excluding steroid dienone is 3. The lowest BCUT2D eigenvalue weighted by molar-refractivity contribution is -0.301. The van der Waals surface area contributed by atoms with Crippen molar-refractivity contribution in [3.8, 4) is 0 Å². The molecule has 1 aliphatic carbocycles. The number of hydrogen-bond donors (Lipinski definition) is 2. The summed E-state index contributed by atoms with van der Waals surface area (Å²) in [7, 11) is 2.85. The highest BCUT2D eigenvalue weighted by molar-refractivity contribution is 6.13. The van der Waals surface area contributed by atoms with E-state index >= 15 is 0 Å². The minimum Gasteiger partial charge on any atom is -0.871 e. The first-order chi connectivity index (χ1) is 11.9. The highest BCUT2D eigenvalue weighted by Gasteiger charge is 2.70. The molecule has 0 radical (unpaired) electrons. The van der Waals surface area contributed by atoms with Gasteiger partial charge < -0.3 is 35.3 Å². The topological polar surface area (TPSA) is 136 Å². The van der Waals surface area contributed by atoms with Crippen LogP contribution < -0.4 is 16.2 Å². The SMILES string of the molecule is COC1=C(C)C([O-])=C2C(=C(COC(N)=O)[C@@]3(OC)[C@H]4N[C@H]4CN23)C1=O. The molecule has 25 heavy (non-hydrogen) atoms. The molecule has 0 aromatic rings. The first kappa shape index (κ1) is 16.0. The van der Waals surface area contributed by atoms with E-state index in [0.29, 0.717) is 12.1 Å². The second-order valence-electron chi connectivity index (χ2n) is 6.39. The first-order valence-electron chi connectivity index (χ1n) is 7.84. The molecule has 9 heteroatoms. The van der Waals surface area contributed by atoms with Gasteiger partial charge >= 0.3 is 6.09 Å². The van der Waals surface area contributed by atoms with Crippen molar-refractivity contribution in [3.05, 3.63) is 33.9 Å². The Morgan fingerprint density at radius 2 is 2.20 bits per heavy atom. The number of nitrogens with two attached hydrogens (primary N) is 1.